The molecule has 4 nitrogen and oxygen atoms in total. The Morgan fingerprint density at radius 1 is 1.19 bits per heavy atom. The zero-order valence-corrected chi connectivity index (χ0v) is 16.6. The topological polar surface area (TPSA) is 58.4 Å². The second-order valence-electron chi connectivity index (χ2n) is 6.76. The molecule has 2 aromatic carbocycles. The van der Waals surface area contributed by atoms with Crippen LogP contribution < -0.4 is 11.1 Å². The van der Waals surface area contributed by atoms with Crippen LogP contribution in [0.4, 0.5) is 11.4 Å². The van der Waals surface area contributed by atoms with E-state index >= 15 is 0 Å². The van der Waals surface area contributed by atoms with Gasteiger partial charge in [0.1, 0.15) is 0 Å². The maximum Gasteiger partial charge on any atom is 0.255 e. The van der Waals surface area contributed by atoms with Crippen LogP contribution in [0.15, 0.2) is 48.5 Å². The van der Waals surface area contributed by atoms with Crippen molar-refractivity contribution in [1.29, 1.82) is 0 Å². The van der Waals surface area contributed by atoms with E-state index in [1.165, 1.54) is 31.5 Å². The van der Waals surface area contributed by atoms with Crippen LogP contribution in [0.3, 0.4) is 0 Å². The summed E-state index contributed by atoms with van der Waals surface area (Å²) in [5, 5.41) is 2.92. The molecule has 3 N–H and O–H groups in total. The van der Waals surface area contributed by atoms with Gasteiger partial charge in [-0.25, -0.2) is 0 Å². The average Bonchev–Trinajstić information content (AvgIpc) is 2.57. The van der Waals surface area contributed by atoms with Crippen LogP contribution in [0.2, 0.25) is 0 Å². The molecule has 0 aromatic heterocycles. The van der Waals surface area contributed by atoms with E-state index < -0.39 is 0 Å². The van der Waals surface area contributed by atoms with Gasteiger partial charge in [0.25, 0.3) is 5.91 Å². The molecule has 1 atom stereocenters. The Labute approximate surface area is 168 Å². The molecular weight excluding hydrogens is 369 g/mol. The Bertz CT molecular complexity index is 706. The van der Waals surface area contributed by atoms with Crippen molar-refractivity contribution in [3.05, 3.63) is 59.7 Å². The molecule has 142 valence electrons. The van der Waals surface area contributed by atoms with Crippen LogP contribution in [0.1, 0.15) is 35.7 Å². The molecule has 0 bridgehead atoms. The van der Waals surface area contributed by atoms with Gasteiger partial charge in [-0.2, -0.15) is 0 Å². The van der Waals surface area contributed by atoms with E-state index in [4.69, 9.17) is 5.73 Å². The minimum atomic E-state index is -0.139. The second-order valence-corrected chi connectivity index (χ2v) is 6.76. The van der Waals surface area contributed by atoms with Gasteiger partial charge < -0.3 is 11.1 Å². The van der Waals surface area contributed by atoms with Gasteiger partial charge in [-0.1, -0.05) is 25.1 Å². The van der Waals surface area contributed by atoms with Crippen LogP contribution in [0.5, 0.6) is 0 Å². The fourth-order valence-electron chi connectivity index (χ4n) is 3.27. The molecule has 1 saturated heterocycles. The molecular formula is C20H27Cl2N3O. The normalized spacial score (nSPS) is 16.9. The Morgan fingerprint density at radius 3 is 2.58 bits per heavy atom. The van der Waals surface area contributed by atoms with E-state index in [1.807, 2.05) is 12.1 Å². The van der Waals surface area contributed by atoms with Gasteiger partial charge in [0.2, 0.25) is 0 Å². The summed E-state index contributed by atoms with van der Waals surface area (Å²) >= 11 is 0. The van der Waals surface area contributed by atoms with Crippen LogP contribution >= 0.6 is 24.8 Å². The predicted octanol–water partition coefficient (Wildman–Crippen LogP) is 4.60. The number of nitrogens with one attached hydrogen (secondary N) is 1. The van der Waals surface area contributed by atoms with Gasteiger partial charge in [0.15, 0.2) is 0 Å². The van der Waals surface area contributed by atoms with Crippen molar-refractivity contribution in [3.63, 3.8) is 0 Å². The van der Waals surface area contributed by atoms with Crippen LogP contribution in [-0.4, -0.2) is 23.9 Å². The lowest BCUT2D eigenvalue weighted by atomic mass is 10.00. The van der Waals surface area contributed by atoms with Crippen molar-refractivity contribution in [2.45, 2.75) is 26.3 Å². The maximum absolute atomic E-state index is 12.2. The SMILES string of the molecule is CC1CCCN(Cc2ccc(NC(=O)c3cccc(N)c3)cc2)C1.Cl.Cl. The summed E-state index contributed by atoms with van der Waals surface area (Å²) in [7, 11) is 0. The second kappa shape index (κ2) is 10.4. The third-order valence-electron chi connectivity index (χ3n) is 4.51. The third-order valence-corrected chi connectivity index (χ3v) is 4.51. The monoisotopic (exact) mass is 395 g/mol. The Hall–Kier alpha value is -1.75. The average molecular weight is 396 g/mol. The van der Waals surface area contributed by atoms with Gasteiger partial charge in [-0.3, -0.25) is 9.69 Å². The summed E-state index contributed by atoms with van der Waals surface area (Å²) in [5.74, 6) is 0.649. The van der Waals surface area contributed by atoms with Crippen LogP contribution in [0.25, 0.3) is 0 Å². The Kier molecular flexibility index (Phi) is 8.93. The first kappa shape index (κ1) is 22.3. The first-order valence-electron chi connectivity index (χ1n) is 8.58. The summed E-state index contributed by atoms with van der Waals surface area (Å²) in [6.07, 6.45) is 2.63. The molecule has 1 fully saturated rings. The quantitative estimate of drug-likeness (QED) is 0.743. The molecule has 3 rings (SSSR count). The summed E-state index contributed by atoms with van der Waals surface area (Å²) in [4.78, 5) is 14.7. The minimum Gasteiger partial charge on any atom is -0.399 e. The van der Waals surface area contributed by atoms with Gasteiger partial charge >= 0.3 is 0 Å². The lowest BCUT2D eigenvalue weighted by Gasteiger charge is -2.30. The minimum absolute atomic E-state index is 0. The number of likely N-dealkylation sites (tertiary alicyclic amines) is 1. The highest BCUT2D eigenvalue weighted by Gasteiger charge is 2.16. The largest absolute Gasteiger partial charge is 0.399 e. The molecule has 26 heavy (non-hydrogen) atoms. The summed E-state index contributed by atoms with van der Waals surface area (Å²) < 4.78 is 0. The highest BCUT2D eigenvalue weighted by atomic mass is 35.5. The van der Waals surface area contributed by atoms with Crippen molar-refractivity contribution in [2.75, 3.05) is 24.1 Å². The van der Waals surface area contributed by atoms with Crippen LogP contribution in [0, 0.1) is 5.92 Å². The number of carbonyl (C=O) groups excluding carboxylic acids is 1. The summed E-state index contributed by atoms with van der Waals surface area (Å²) in [6.45, 7) is 5.65. The van der Waals surface area contributed by atoms with E-state index in [-0.39, 0.29) is 30.7 Å². The molecule has 0 radical (unpaired) electrons. The number of anilines is 2. The number of hydrogen-bond donors (Lipinski definition) is 2. The number of nitrogen functional groups attached to an aromatic ring is 1. The van der Waals surface area contributed by atoms with E-state index in [0.29, 0.717) is 11.3 Å². The molecule has 1 unspecified atom stereocenters. The molecule has 1 amide bonds. The van der Waals surface area contributed by atoms with Gasteiger partial charge in [-0.05, 0) is 61.2 Å². The van der Waals surface area contributed by atoms with Crippen molar-refractivity contribution in [1.82, 2.24) is 4.90 Å². The van der Waals surface area contributed by atoms with Crippen LogP contribution in [-0.2, 0) is 6.54 Å². The molecule has 1 heterocycles. The standard InChI is InChI=1S/C20H25N3O.2ClH/c1-15-4-3-11-23(13-15)14-16-7-9-19(10-8-16)22-20(24)17-5-2-6-18(21)12-17;;/h2,5-10,12,15H,3-4,11,13-14,21H2,1H3,(H,22,24);2*1H. The molecule has 0 aliphatic carbocycles. The Morgan fingerprint density at radius 2 is 1.92 bits per heavy atom. The fourth-order valence-corrected chi connectivity index (χ4v) is 3.27. The molecule has 0 saturated carbocycles. The summed E-state index contributed by atoms with van der Waals surface area (Å²) in [5.41, 5.74) is 8.97. The number of nitrogens with two attached hydrogens (primary N) is 1. The van der Waals surface area contributed by atoms with E-state index in [1.54, 1.807) is 24.3 Å². The smallest absolute Gasteiger partial charge is 0.255 e. The zero-order valence-electron chi connectivity index (χ0n) is 15.0. The summed E-state index contributed by atoms with van der Waals surface area (Å²) in [6, 6.07) is 15.1. The predicted molar refractivity (Wildman–Crippen MR) is 113 cm³/mol. The number of amides is 1. The fraction of sp³-hybridized carbons (Fsp3) is 0.350. The highest BCUT2D eigenvalue weighted by Crippen LogP contribution is 2.19. The molecule has 1 aliphatic heterocycles. The number of carbonyl (C=O) groups is 1. The number of nitrogens with zero attached hydrogens (tertiary/aromatic N) is 1. The van der Waals surface area contributed by atoms with Gasteiger partial charge in [-0.15, -0.1) is 24.8 Å². The van der Waals surface area contributed by atoms with E-state index in [9.17, 15) is 4.79 Å². The van der Waals surface area contributed by atoms with Gasteiger partial charge in [0, 0.05) is 30.0 Å². The molecule has 1 aliphatic rings. The number of piperidine rings is 1. The van der Waals surface area contributed by atoms with E-state index in [0.717, 1.165) is 18.2 Å². The van der Waals surface area contributed by atoms with Crippen molar-refractivity contribution in [2.24, 2.45) is 5.92 Å². The first-order chi connectivity index (χ1) is 11.6. The van der Waals surface area contributed by atoms with Crippen molar-refractivity contribution < 1.29 is 4.79 Å². The van der Waals surface area contributed by atoms with Crippen molar-refractivity contribution in [3.8, 4) is 0 Å². The first-order valence-corrected chi connectivity index (χ1v) is 8.58. The lowest BCUT2D eigenvalue weighted by molar-refractivity contribution is 0.102. The van der Waals surface area contributed by atoms with Gasteiger partial charge in [0.05, 0.1) is 0 Å². The third kappa shape index (κ3) is 6.20. The number of rotatable bonds is 4. The molecule has 2 aromatic rings. The van der Waals surface area contributed by atoms with E-state index in [2.05, 4.69) is 29.3 Å². The molecule has 6 heteroatoms. The Balaban J connectivity index is 0.00000169. The zero-order chi connectivity index (χ0) is 16.9. The molecule has 0 spiro atoms. The number of benzene rings is 2. The van der Waals surface area contributed by atoms with Crippen molar-refractivity contribution >= 4 is 42.1 Å². The highest BCUT2D eigenvalue weighted by molar-refractivity contribution is 6.04. The maximum atomic E-state index is 12.2. The number of hydrogen-bond acceptors (Lipinski definition) is 3. The number of halogens is 2. The lowest BCUT2D eigenvalue weighted by Crippen LogP contribution is -2.33.